The van der Waals surface area contributed by atoms with Crippen molar-refractivity contribution in [2.45, 2.75) is 17.4 Å². The molecule has 1 atom stereocenters. The molecule has 1 N–H and O–H groups in total. The lowest BCUT2D eigenvalue weighted by molar-refractivity contribution is 0.323. The van der Waals surface area contributed by atoms with Crippen LogP contribution in [0, 0.1) is 0 Å². The fraction of sp³-hybridized carbons (Fsp3) is 0.167. The molecule has 4 aromatic rings. The molecule has 0 saturated carbocycles. The molecule has 4 aromatic carbocycles. The topological polar surface area (TPSA) is 89.5 Å². The van der Waals surface area contributed by atoms with Crippen LogP contribution in [0.15, 0.2) is 104 Å². The summed E-state index contributed by atoms with van der Waals surface area (Å²) in [5.41, 5.74) is 4.07. The van der Waals surface area contributed by atoms with E-state index in [2.05, 4.69) is 36.6 Å². The second-order valence-corrected chi connectivity index (χ2v) is 12.6. The minimum atomic E-state index is -3.81. The number of hydrazone groups is 1. The van der Waals surface area contributed by atoms with Crippen LogP contribution < -0.4 is 23.9 Å². The molecule has 1 aliphatic heterocycles. The molecule has 5 rings (SSSR count). The molecule has 0 radical (unpaired) electrons. The summed E-state index contributed by atoms with van der Waals surface area (Å²) in [5.74, 6) is 1.66. The molecule has 0 bridgehead atoms. The predicted molar refractivity (Wildman–Crippen MR) is 168 cm³/mol. The average Bonchev–Trinajstić information content (AvgIpc) is 3.44. The maximum Gasteiger partial charge on any atom is 0.263 e. The zero-order valence-electron chi connectivity index (χ0n) is 22.5. The van der Waals surface area contributed by atoms with Crippen LogP contribution >= 0.6 is 31.9 Å². The lowest BCUT2D eigenvalue weighted by Gasteiger charge is -2.25. The Hall–Kier alpha value is -3.54. The molecule has 0 saturated heterocycles. The highest BCUT2D eigenvalue weighted by molar-refractivity contribution is 9.11. The smallest absolute Gasteiger partial charge is 0.263 e. The van der Waals surface area contributed by atoms with Crippen molar-refractivity contribution in [2.75, 3.05) is 31.1 Å². The minimum absolute atomic E-state index is 0.141. The van der Waals surface area contributed by atoms with E-state index < -0.39 is 10.0 Å². The first-order valence-electron chi connectivity index (χ1n) is 12.5. The van der Waals surface area contributed by atoms with Crippen molar-refractivity contribution in [1.82, 2.24) is 0 Å². The lowest BCUT2D eigenvalue weighted by atomic mass is 9.97. The van der Waals surface area contributed by atoms with Crippen molar-refractivity contribution in [3.8, 4) is 17.2 Å². The van der Waals surface area contributed by atoms with Gasteiger partial charge in [0.1, 0.15) is 4.90 Å². The van der Waals surface area contributed by atoms with Crippen molar-refractivity contribution in [1.29, 1.82) is 0 Å². The summed E-state index contributed by atoms with van der Waals surface area (Å²) in [4.78, 5) is 0.141. The number of sulfonamides is 1. The molecular formula is C30H27Br2N3O5S. The molecule has 8 nitrogen and oxygen atoms in total. The number of methoxy groups -OCH3 is 3. The van der Waals surface area contributed by atoms with E-state index in [0.717, 1.165) is 22.5 Å². The molecule has 0 spiro atoms. The van der Waals surface area contributed by atoms with Crippen molar-refractivity contribution >= 4 is 59.0 Å². The van der Waals surface area contributed by atoms with Gasteiger partial charge in [0.15, 0.2) is 11.5 Å². The van der Waals surface area contributed by atoms with Crippen LogP contribution in [0.1, 0.15) is 23.6 Å². The maximum atomic E-state index is 13.0. The quantitative estimate of drug-likeness (QED) is 0.196. The number of rotatable bonds is 9. The second-order valence-electron chi connectivity index (χ2n) is 9.16. The Morgan fingerprint density at radius 2 is 1.51 bits per heavy atom. The Morgan fingerprint density at radius 1 is 0.854 bits per heavy atom. The standard InChI is InChI=1S/C30H27Br2N3O5S/c1-38-27-15-20(16-28(39-2)30(27)40-3)26-18-25(33-35(26)23-7-5-4-6-8-23)19-9-12-22(13-10-19)34-41(36,37)29-17-21(31)11-14-24(29)32/h4-17,26,34H,18H2,1-3H3. The van der Waals surface area contributed by atoms with Crippen molar-refractivity contribution < 1.29 is 22.6 Å². The number of ether oxygens (including phenoxy) is 3. The number of para-hydroxylation sites is 1. The van der Waals surface area contributed by atoms with Gasteiger partial charge in [0.05, 0.1) is 38.8 Å². The van der Waals surface area contributed by atoms with Gasteiger partial charge in [-0.2, -0.15) is 5.10 Å². The van der Waals surface area contributed by atoms with Crippen LogP contribution in [0.25, 0.3) is 0 Å². The first-order valence-corrected chi connectivity index (χ1v) is 15.6. The third-order valence-electron chi connectivity index (χ3n) is 6.66. The van der Waals surface area contributed by atoms with Crippen LogP contribution in [0.2, 0.25) is 0 Å². The van der Waals surface area contributed by atoms with Crippen LogP contribution in [-0.4, -0.2) is 35.5 Å². The van der Waals surface area contributed by atoms with Gasteiger partial charge in [-0.3, -0.25) is 9.73 Å². The monoisotopic (exact) mass is 699 g/mol. The van der Waals surface area contributed by atoms with Gasteiger partial charge in [0.2, 0.25) is 5.75 Å². The molecule has 212 valence electrons. The summed E-state index contributed by atoms with van der Waals surface area (Å²) < 4.78 is 46.6. The molecule has 1 unspecified atom stereocenters. The lowest BCUT2D eigenvalue weighted by Crippen LogP contribution is -2.18. The number of nitrogens with zero attached hydrogens (tertiary/aromatic N) is 2. The van der Waals surface area contributed by atoms with Gasteiger partial charge in [0.25, 0.3) is 10.0 Å². The molecule has 1 heterocycles. The minimum Gasteiger partial charge on any atom is -0.493 e. The van der Waals surface area contributed by atoms with E-state index in [9.17, 15) is 8.42 Å². The second kappa shape index (κ2) is 12.1. The molecule has 0 aliphatic carbocycles. The molecular weight excluding hydrogens is 674 g/mol. The molecule has 0 fully saturated rings. The van der Waals surface area contributed by atoms with Crippen molar-refractivity contribution in [3.63, 3.8) is 0 Å². The highest BCUT2D eigenvalue weighted by Gasteiger charge is 2.32. The average molecular weight is 701 g/mol. The largest absolute Gasteiger partial charge is 0.493 e. The van der Waals surface area contributed by atoms with Crippen molar-refractivity contribution in [2.24, 2.45) is 5.10 Å². The fourth-order valence-corrected chi connectivity index (χ4v) is 7.24. The number of benzene rings is 4. The number of hydrogen-bond donors (Lipinski definition) is 1. The third kappa shape index (κ3) is 6.07. The molecule has 11 heteroatoms. The first kappa shape index (κ1) is 29.0. The number of halogens is 2. The van der Waals surface area contributed by atoms with E-state index in [1.165, 1.54) is 0 Å². The van der Waals surface area contributed by atoms with Gasteiger partial charge in [-0.25, -0.2) is 8.42 Å². The van der Waals surface area contributed by atoms with E-state index in [1.54, 1.807) is 51.7 Å². The summed E-state index contributed by atoms with van der Waals surface area (Å²) in [5, 5.41) is 6.98. The van der Waals surface area contributed by atoms with Crippen LogP contribution in [0.4, 0.5) is 11.4 Å². The maximum absolute atomic E-state index is 13.0. The number of anilines is 2. The SMILES string of the molecule is COc1cc(C2CC(c3ccc(NS(=O)(=O)c4cc(Br)ccc4Br)cc3)=NN2c2ccccc2)cc(OC)c1OC. The van der Waals surface area contributed by atoms with Gasteiger partial charge in [-0.1, -0.05) is 46.3 Å². The predicted octanol–water partition coefficient (Wildman–Crippen LogP) is 7.39. The van der Waals surface area contributed by atoms with E-state index >= 15 is 0 Å². The fourth-order valence-electron chi connectivity index (χ4n) is 4.68. The van der Waals surface area contributed by atoms with E-state index in [-0.39, 0.29) is 10.9 Å². The summed E-state index contributed by atoms with van der Waals surface area (Å²) >= 11 is 6.67. The van der Waals surface area contributed by atoms with E-state index in [4.69, 9.17) is 19.3 Å². The number of nitrogens with one attached hydrogen (secondary N) is 1. The van der Waals surface area contributed by atoms with Gasteiger partial charge in [-0.15, -0.1) is 0 Å². The van der Waals surface area contributed by atoms with Gasteiger partial charge >= 0.3 is 0 Å². The number of hydrogen-bond acceptors (Lipinski definition) is 7. The molecule has 0 aromatic heterocycles. The van der Waals surface area contributed by atoms with E-state index in [0.29, 0.717) is 38.3 Å². The van der Waals surface area contributed by atoms with E-state index in [1.807, 2.05) is 59.6 Å². The van der Waals surface area contributed by atoms with Crippen LogP contribution in [0.3, 0.4) is 0 Å². The Kier molecular flexibility index (Phi) is 8.58. The van der Waals surface area contributed by atoms with Crippen LogP contribution in [-0.2, 0) is 10.0 Å². The zero-order chi connectivity index (χ0) is 29.1. The Labute approximate surface area is 256 Å². The Balaban J connectivity index is 1.46. The van der Waals surface area contributed by atoms with Crippen molar-refractivity contribution in [3.05, 3.63) is 105 Å². The van der Waals surface area contributed by atoms with Gasteiger partial charge < -0.3 is 14.2 Å². The first-order chi connectivity index (χ1) is 19.7. The highest BCUT2D eigenvalue weighted by Crippen LogP contribution is 2.44. The summed E-state index contributed by atoms with van der Waals surface area (Å²) in [7, 11) is 0.961. The van der Waals surface area contributed by atoms with Gasteiger partial charge in [0, 0.05) is 21.1 Å². The molecule has 41 heavy (non-hydrogen) atoms. The Morgan fingerprint density at radius 3 is 2.12 bits per heavy atom. The third-order valence-corrected chi connectivity index (χ3v) is 9.52. The molecule has 0 amide bonds. The van der Waals surface area contributed by atoms with Crippen LogP contribution in [0.5, 0.6) is 17.2 Å². The Bertz CT molecular complexity index is 1670. The zero-order valence-corrected chi connectivity index (χ0v) is 26.5. The van der Waals surface area contributed by atoms with Gasteiger partial charge in [-0.05, 0) is 81.7 Å². The summed E-state index contributed by atoms with van der Waals surface area (Å²) in [6.07, 6.45) is 0.601. The molecule has 1 aliphatic rings. The highest BCUT2D eigenvalue weighted by atomic mass is 79.9. The normalized spacial score (nSPS) is 14.9. The summed E-state index contributed by atoms with van der Waals surface area (Å²) in [6.45, 7) is 0. The summed E-state index contributed by atoms with van der Waals surface area (Å²) in [6, 6.07) is 25.9.